The first-order chi connectivity index (χ1) is 6.79. The van der Waals surface area contributed by atoms with E-state index in [1.807, 2.05) is 24.1 Å². The fourth-order valence-corrected chi connectivity index (χ4v) is 1.75. The van der Waals surface area contributed by atoms with E-state index in [-0.39, 0.29) is 6.61 Å². The van der Waals surface area contributed by atoms with E-state index in [1.165, 1.54) is 18.4 Å². The van der Waals surface area contributed by atoms with Gasteiger partial charge in [-0.15, -0.1) is 0 Å². The fraction of sp³-hybridized carbons (Fsp3) is 0.700. The third-order valence-corrected chi connectivity index (χ3v) is 2.59. The largest absolute Gasteiger partial charge is 0.395 e. The summed E-state index contributed by atoms with van der Waals surface area (Å²) in [6, 6.07) is 0.697. The average molecular weight is 195 g/mol. The van der Waals surface area contributed by atoms with Crippen LogP contribution in [0.4, 0.5) is 0 Å². The van der Waals surface area contributed by atoms with Crippen molar-refractivity contribution in [1.29, 1.82) is 0 Å². The monoisotopic (exact) mass is 195 g/mol. The quantitative estimate of drug-likeness (QED) is 0.738. The Labute approximate surface area is 84.1 Å². The average Bonchev–Trinajstić information content (AvgIpc) is 2.91. The van der Waals surface area contributed by atoms with Crippen LogP contribution in [0.15, 0.2) is 12.4 Å². The molecule has 0 unspecified atom stereocenters. The molecule has 1 aliphatic rings. The Morgan fingerprint density at radius 3 is 2.93 bits per heavy atom. The van der Waals surface area contributed by atoms with Gasteiger partial charge in [-0.2, -0.15) is 5.10 Å². The molecule has 0 saturated heterocycles. The van der Waals surface area contributed by atoms with Gasteiger partial charge in [0.15, 0.2) is 0 Å². The molecule has 1 aromatic rings. The molecule has 0 amide bonds. The van der Waals surface area contributed by atoms with Crippen molar-refractivity contribution in [3.63, 3.8) is 0 Å². The Morgan fingerprint density at radius 2 is 2.43 bits per heavy atom. The smallest absolute Gasteiger partial charge is 0.0558 e. The van der Waals surface area contributed by atoms with Gasteiger partial charge in [-0.05, 0) is 12.8 Å². The van der Waals surface area contributed by atoms with Crippen LogP contribution in [0.2, 0.25) is 0 Å². The number of aliphatic hydroxyl groups is 1. The summed E-state index contributed by atoms with van der Waals surface area (Å²) < 4.78 is 1.82. The molecule has 0 radical (unpaired) electrons. The van der Waals surface area contributed by atoms with Gasteiger partial charge in [0.25, 0.3) is 0 Å². The number of aromatic nitrogens is 2. The Morgan fingerprint density at radius 1 is 1.64 bits per heavy atom. The minimum absolute atomic E-state index is 0.247. The SMILES string of the molecule is Cn1cc(CN(CCO)C2CC2)cn1. The van der Waals surface area contributed by atoms with Crippen molar-refractivity contribution in [2.24, 2.45) is 7.05 Å². The first-order valence-corrected chi connectivity index (χ1v) is 5.12. The van der Waals surface area contributed by atoms with E-state index in [9.17, 15) is 0 Å². The summed E-state index contributed by atoms with van der Waals surface area (Å²) in [5, 5.41) is 13.1. The summed E-state index contributed by atoms with van der Waals surface area (Å²) >= 11 is 0. The molecule has 0 aromatic carbocycles. The number of nitrogens with zero attached hydrogens (tertiary/aromatic N) is 3. The van der Waals surface area contributed by atoms with Crippen LogP contribution in [0.5, 0.6) is 0 Å². The molecule has 4 heteroatoms. The summed E-state index contributed by atoms with van der Waals surface area (Å²) in [4.78, 5) is 2.33. The molecular formula is C10H17N3O. The van der Waals surface area contributed by atoms with E-state index >= 15 is 0 Å². The van der Waals surface area contributed by atoms with Crippen LogP contribution < -0.4 is 0 Å². The van der Waals surface area contributed by atoms with Gasteiger partial charge in [0, 0.05) is 37.9 Å². The van der Waals surface area contributed by atoms with Crippen LogP contribution in [0.3, 0.4) is 0 Å². The van der Waals surface area contributed by atoms with Crippen LogP contribution in [0.25, 0.3) is 0 Å². The van der Waals surface area contributed by atoms with E-state index in [1.54, 1.807) is 0 Å². The minimum Gasteiger partial charge on any atom is -0.395 e. The molecule has 1 saturated carbocycles. The van der Waals surface area contributed by atoms with Crippen LogP contribution >= 0.6 is 0 Å². The zero-order valence-corrected chi connectivity index (χ0v) is 8.56. The zero-order valence-electron chi connectivity index (χ0n) is 8.56. The predicted molar refractivity (Wildman–Crippen MR) is 53.7 cm³/mol. The normalized spacial score (nSPS) is 16.5. The third-order valence-electron chi connectivity index (χ3n) is 2.59. The van der Waals surface area contributed by atoms with Crippen molar-refractivity contribution in [1.82, 2.24) is 14.7 Å². The molecule has 1 heterocycles. The number of hydrogen-bond donors (Lipinski definition) is 1. The lowest BCUT2D eigenvalue weighted by atomic mass is 10.3. The highest BCUT2D eigenvalue weighted by molar-refractivity contribution is 5.04. The Kier molecular flexibility index (Phi) is 2.84. The van der Waals surface area contributed by atoms with Gasteiger partial charge in [-0.25, -0.2) is 0 Å². The predicted octanol–water partition coefficient (Wildman–Crippen LogP) is 0.377. The van der Waals surface area contributed by atoms with Crippen molar-refractivity contribution >= 4 is 0 Å². The van der Waals surface area contributed by atoms with Gasteiger partial charge in [-0.1, -0.05) is 0 Å². The standard InChI is InChI=1S/C10H17N3O/c1-12-7-9(6-11-12)8-13(4-5-14)10-2-3-10/h6-7,10,14H,2-5,8H2,1H3. The molecule has 1 N–H and O–H groups in total. The molecular weight excluding hydrogens is 178 g/mol. The van der Waals surface area contributed by atoms with E-state index in [4.69, 9.17) is 5.11 Å². The summed E-state index contributed by atoms with van der Waals surface area (Å²) in [6.07, 6.45) is 6.49. The summed E-state index contributed by atoms with van der Waals surface area (Å²) in [5.41, 5.74) is 1.23. The maximum absolute atomic E-state index is 8.93. The second-order valence-corrected chi connectivity index (χ2v) is 3.95. The van der Waals surface area contributed by atoms with Crippen molar-refractivity contribution in [2.45, 2.75) is 25.4 Å². The second-order valence-electron chi connectivity index (χ2n) is 3.95. The minimum atomic E-state index is 0.247. The first-order valence-electron chi connectivity index (χ1n) is 5.12. The molecule has 0 bridgehead atoms. The number of aryl methyl sites for hydroxylation is 1. The Hall–Kier alpha value is -0.870. The molecule has 1 fully saturated rings. The molecule has 0 aliphatic heterocycles. The number of hydrogen-bond acceptors (Lipinski definition) is 3. The van der Waals surface area contributed by atoms with Crippen molar-refractivity contribution in [3.8, 4) is 0 Å². The van der Waals surface area contributed by atoms with Crippen molar-refractivity contribution in [3.05, 3.63) is 18.0 Å². The number of aliphatic hydroxyl groups excluding tert-OH is 1. The van der Waals surface area contributed by atoms with Crippen LogP contribution in [-0.2, 0) is 13.6 Å². The van der Waals surface area contributed by atoms with Crippen LogP contribution in [-0.4, -0.2) is 39.0 Å². The van der Waals surface area contributed by atoms with E-state index in [0.29, 0.717) is 6.04 Å². The molecule has 14 heavy (non-hydrogen) atoms. The topological polar surface area (TPSA) is 41.3 Å². The number of rotatable bonds is 5. The van der Waals surface area contributed by atoms with Gasteiger partial charge >= 0.3 is 0 Å². The third kappa shape index (κ3) is 2.33. The van der Waals surface area contributed by atoms with Crippen molar-refractivity contribution < 1.29 is 5.11 Å². The lowest BCUT2D eigenvalue weighted by Gasteiger charge is -2.19. The summed E-state index contributed by atoms with van der Waals surface area (Å²) in [7, 11) is 1.93. The maximum Gasteiger partial charge on any atom is 0.0558 e. The highest BCUT2D eigenvalue weighted by atomic mass is 16.3. The van der Waals surface area contributed by atoms with Crippen LogP contribution in [0, 0.1) is 0 Å². The van der Waals surface area contributed by atoms with Gasteiger partial charge in [0.05, 0.1) is 12.8 Å². The first kappa shape index (κ1) is 9.68. The highest BCUT2D eigenvalue weighted by Gasteiger charge is 2.28. The second kappa shape index (κ2) is 4.11. The maximum atomic E-state index is 8.93. The molecule has 0 atom stereocenters. The summed E-state index contributed by atoms with van der Waals surface area (Å²) in [6.45, 7) is 1.94. The Balaban J connectivity index is 1.92. The molecule has 2 rings (SSSR count). The highest BCUT2D eigenvalue weighted by Crippen LogP contribution is 2.27. The van der Waals surface area contributed by atoms with Gasteiger partial charge < -0.3 is 5.11 Å². The van der Waals surface area contributed by atoms with Crippen molar-refractivity contribution in [2.75, 3.05) is 13.2 Å². The van der Waals surface area contributed by atoms with Gasteiger partial charge in [0.1, 0.15) is 0 Å². The van der Waals surface area contributed by atoms with Gasteiger partial charge in [-0.3, -0.25) is 9.58 Å². The molecule has 1 aromatic heterocycles. The lowest BCUT2D eigenvalue weighted by Crippen LogP contribution is -2.28. The zero-order chi connectivity index (χ0) is 9.97. The van der Waals surface area contributed by atoms with E-state index in [2.05, 4.69) is 10.00 Å². The molecule has 1 aliphatic carbocycles. The van der Waals surface area contributed by atoms with Gasteiger partial charge in [0.2, 0.25) is 0 Å². The van der Waals surface area contributed by atoms with Crippen LogP contribution in [0.1, 0.15) is 18.4 Å². The fourth-order valence-electron chi connectivity index (χ4n) is 1.75. The summed E-state index contributed by atoms with van der Waals surface area (Å²) in [5.74, 6) is 0. The van der Waals surface area contributed by atoms with E-state index in [0.717, 1.165) is 13.1 Å². The molecule has 4 nitrogen and oxygen atoms in total. The molecule has 0 spiro atoms. The molecule has 78 valence electrons. The lowest BCUT2D eigenvalue weighted by molar-refractivity contribution is 0.183. The van der Waals surface area contributed by atoms with E-state index < -0.39 is 0 Å². The Bertz CT molecular complexity index is 293.